The zero-order chi connectivity index (χ0) is 51.3. The molecule has 23 heteroatoms. The molecular formula is C49H62N14O6S3. The van der Waals surface area contributed by atoms with Crippen molar-refractivity contribution in [3.05, 3.63) is 126 Å². The molecule has 0 spiro atoms. The number of piperazine rings is 2. The molecule has 0 amide bonds. The van der Waals surface area contributed by atoms with E-state index in [1.807, 2.05) is 24.0 Å². The van der Waals surface area contributed by atoms with E-state index in [0.717, 1.165) is 44.0 Å². The van der Waals surface area contributed by atoms with E-state index in [1.165, 1.54) is 40.2 Å². The second kappa shape index (κ2) is 21.9. The van der Waals surface area contributed by atoms with Gasteiger partial charge in [0.25, 0.3) is 0 Å². The van der Waals surface area contributed by atoms with Crippen LogP contribution in [0.3, 0.4) is 0 Å². The quantitative estimate of drug-likeness (QED) is 0.0494. The number of aromatic nitrogens is 4. The van der Waals surface area contributed by atoms with Crippen molar-refractivity contribution >= 4 is 76.4 Å². The largest absolute Gasteiger partial charge is 0.340 e. The van der Waals surface area contributed by atoms with Crippen LogP contribution in [0.25, 0.3) is 0 Å². The summed E-state index contributed by atoms with van der Waals surface area (Å²) in [6, 6.07) is 27.1. The molecule has 20 nitrogen and oxygen atoms in total. The standard InChI is InChI=1S/C49H62N14O6S3/c1-34(2)59-70(64,65)42-13-7-10-39(28-42)53-46-36(4)32-52-48(58-46)56-41-12-9-15-44(30-41)72(68,69)63-26-24-62(25-27-63)49(5,6)60-71(66,67)43-14-8-11-40(29-43)54-45-35(3)31-51-47(57-45)55-38-18-16-37(17-19-38)33-61-22-20-50-21-23-61/h7-19,28-32,34,50,59-60H,20-27,33H2,1-6H3,(H2,51,54,55,57)(H2,52,53,56,58). The summed E-state index contributed by atoms with van der Waals surface area (Å²) in [5.41, 5.74) is 3.89. The number of sulfonamides is 3. The van der Waals surface area contributed by atoms with Crippen LogP contribution >= 0.6 is 0 Å². The van der Waals surface area contributed by atoms with Crippen LogP contribution in [0.15, 0.2) is 124 Å². The molecule has 0 atom stereocenters. The number of hydrogen-bond acceptors (Lipinski definition) is 17. The van der Waals surface area contributed by atoms with Crippen LogP contribution in [0.4, 0.5) is 46.3 Å². The van der Waals surface area contributed by atoms with E-state index >= 15 is 0 Å². The molecule has 8 rings (SSSR count). The zero-order valence-corrected chi connectivity index (χ0v) is 43.6. The van der Waals surface area contributed by atoms with Crippen molar-refractivity contribution in [1.29, 1.82) is 0 Å². The normalized spacial score (nSPS) is 15.6. The third kappa shape index (κ3) is 13.1. The number of anilines is 8. The van der Waals surface area contributed by atoms with Crippen LogP contribution < -0.4 is 36.0 Å². The van der Waals surface area contributed by atoms with E-state index in [2.05, 4.69) is 68.0 Å². The Morgan fingerprint density at radius 2 is 1.08 bits per heavy atom. The molecule has 6 aromatic rings. The second-order valence-electron chi connectivity index (χ2n) is 18.6. The van der Waals surface area contributed by atoms with Crippen molar-refractivity contribution in [3.8, 4) is 0 Å². The van der Waals surface area contributed by atoms with Crippen LogP contribution in [-0.4, -0.2) is 123 Å². The van der Waals surface area contributed by atoms with Gasteiger partial charge in [0.2, 0.25) is 42.0 Å². The highest BCUT2D eigenvalue weighted by atomic mass is 32.2. The molecule has 0 aliphatic carbocycles. The van der Waals surface area contributed by atoms with Crippen molar-refractivity contribution in [1.82, 2.24) is 48.8 Å². The highest BCUT2D eigenvalue weighted by Crippen LogP contribution is 2.29. The van der Waals surface area contributed by atoms with Crippen LogP contribution in [0.2, 0.25) is 0 Å². The Kier molecular flexibility index (Phi) is 15.9. The van der Waals surface area contributed by atoms with Gasteiger partial charge < -0.3 is 26.6 Å². The van der Waals surface area contributed by atoms with Gasteiger partial charge in [-0.1, -0.05) is 30.3 Å². The molecule has 2 fully saturated rings. The summed E-state index contributed by atoms with van der Waals surface area (Å²) >= 11 is 0. The smallest absolute Gasteiger partial charge is 0.243 e. The summed E-state index contributed by atoms with van der Waals surface area (Å²) in [5, 5.41) is 16.2. The fraction of sp³-hybridized carbons (Fsp3) is 0.347. The molecule has 0 unspecified atom stereocenters. The van der Waals surface area contributed by atoms with Gasteiger partial charge in [0, 0.05) is 111 Å². The molecule has 72 heavy (non-hydrogen) atoms. The van der Waals surface area contributed by atoms with Crippen molar-refractivity contribution in [2.75, 3.05) is 73.6 Å². The average molecular weight is 1040 g/mol. The minimum Gasteiger partial charge on any atom is -0.340 e. The summed E-state index contributed by atoms with van der Waals surface area (Å²) in [4.78, 5) is 22.7. The maximum absolute atomic E-state index is 14.0. The molecule has 382 valence electrons. The summed E-state index contributed by atoms with van der Waals surface area (Å²) in [7, 11) is -11.8. The summed E-state index contributed by atoms with van der Waals surface area (Å²) in [6.07, 6.45) is 3.30. The first-order valence-corrected chi connectivity index (χ1v) is 28.0. The minimum atomic E-state index is -4.06. The van der Waals surface area contributed by atoms with E-state index in [0.29, 0.717) is 40.2 Å². The molecule has 7 N–H and O–H groups in total. The maximum Gasteiger partial charge on any atom is 0.243 e. The minimum absolute atomic E-state index is 0.0440. The third-order valence-electron chi connectivity index (χ3n) is 12.1. The number of nitrogens with one attached hydrogen (secondary N) is 7. The molecular weight excluding hydrogens is 977 g/mol. The molecule has 2 aromatic heterocycles. The number of rotatable bonds is 19. The first kappa shape index (κ1) is 52.2. The Morgan fingerprint density at radius 3 is 1.62 bits per heavy atom. The van der Waals surface area contributed by atoms with E-state index in [4.69, 9.17) is 4.98 Å². The Labute approximate surface area is 422 Å². The fourth-order valence-corrected chi connectivity index (χ4v) is 12.5. The lowest BCUT2D eigenvalue weighted by Gasteiger charge is -2.43. The molecule has 0 saturated carbocycles. The predicted octanol–water partition coefficient (Wildman–Crippen LogP) is 5.97. The molecule has 4 aromatic carbocycles. The van der Waals surface area contributed by atoms with Gasteiger partial charge in [-0.25, -0.2) is 39.9 Å². The highest BCUT2D eigenvalue weighted by molar-refractivity contribution is 7.90. The Balaban J connectivity index is 0.863. The van der Waals surface area contributed by atoms with Crippen LogP contribution in [0.1, 0.15) is 44.4 Å². The van der Waals surface area contributed by atoms with Crippen molar-refractivity contribution in [2.24, 2.45) is 0 Å². The first-order chi connectivity index (χ1) is 34.2. The van der Waals surface area contributed by atoms with E-state index in [1.54, 1.807) is 89.5 Å². The van der Waals surface area contributed by atoms with E-state index in [-0.39, 0.29) is 52.9 Å². The third-order valence-corrected chi connectivity index (χ3v) is 17.3. The summed E-state index contributed by atoms with van der Waals surface area (Å²) in [5.74, 6) is 1.51. The number of benzene rings is 4. The van der Waals surface area contributed by atoms with Gasteiger partial charge in [0.05, 0.1) is 20.3 Å². The maximum atomic E-state index is 14.0. The van der Waals surface area contributed by atoms with Gasteiger partial charge in [0.1, 0.15) is 11.6 Å². The van der Waals surface area contributed by atoms with Gasteiger partial charge >= 0.3 is 0 Å². The average Bonchev–Trinajstić information content (AvgIpc) is 3.34. The van der Waals surface area contributed by atoms with Crippen molar-refractivity contribution < 1.29 is 25.3 Å². The SMILES string of the molecule is Cc1cnc(Nc2cccc(S(=O)(=O)N3CCN(C(C)(C)NS(=O)(=O)c4cccc(Nc5nc(Nc6ccc(CN7CCNCC7)cc6)ncc5C)c4)CC3)c2)nc1Nc1cccc(S(=O)(=O)NC(C)C)c1. The second-order valence-corrected chi connectivity index (χ2v) is 23.9. The molecule has 2 aliphatic rings. The summed E-state index contributed by atoms with van der Waals surface area (Å²) < 4.78 is 88.4. The first-order valence-electron chi connectivity index (χ1n) is 23.6. The van der Waals surface area contributed by atoms with Gasteiger partial charge in [-0.05, 0) is 114 Å². The number of aryl methyl sites for hydroxylation is 2. The highest BCUT2D eigenvalue weighted by Gasteiger charge is 2.37. The van der Waals surface area contributed by atoms with Gasteiger partial charge in [0.15, 0.2) is 0 Å². The topological polar surface area (TPSA) is 248 Å². The van der Waals surface area contributed by atoms with E-state index in [9.17, 15) is 25.3 Å². The molecule has 0 radical (unpaired) electrons. The Morgan fingerprint density at radius 1 is 0.597 bits per heavy atom. The van der Waals surface area contributed by atoms with Crippen molar-refractivity contribution in [3.63, 3.8) is 0 Å². The zero-order valence-electron chi connectivity index (χ0n) is 41.1. The lowest BCUT2D eigenvalue weighted by atomic mass is 10.2. The van der Waals surface area contributed by atoms with E-state index < -0.39 is 35.7 Å². The van der Waals surface area contributed by atoms with Crippen molar-refractivity contribution in [2.45, 2.75) is 74.5 Å². The number of hydrogen-bond donors (Lipinski definition) is 7. The fourth-order valence-electron chi connectivity index (χ4n) is 8.29. The monoisotopic (exact) mass is 1040 g/mol. The predicted molar refractivity (Wildman–Crippen MR) is 281 cm³/mol. The molecule has 4 heterocycles. The van der Waals surface area contributed by atoms with Gasteiger partial charge in [-0.15, -0.1) is 0 Å². The molecule has 0 bridgehead atoms. The summed E-state index contributed by atoms with van der Waals surface area (Å²) in [6.45, 7) is 16.4. The lowest BCUT2D eigenvalue weighted by Crippen LogP contribution is -2.62. The van der Waals surface area contributed by atoms with Crippen LogP contribution in [0, 0.1) is 13.8 Å². The Hall–Kier alpha value is -6.15. The van der Waals surface area contributed by atoms with Crippen LogP contribution in [-0.2, 0) is 36.6 Å². The van der Waals surface area contributed by atoms with Crippen LogP contribution in [0.5, 0.6) is 0 Å². The lowest BCUT2D eigenvalue weighted by molar-refractivity contribution is 0.0712. The van der Waals surface area contributed by atoms with Gasteiger partial charge in [-0.3, -0.25) is 9.80 Å². The Bertz CT molecular complexity index is 3220. The molecule has 2 saturated heterocycles. The van der Waals surface area contributed by atoms with Gasteiger partial charge in [-0.2, -0.15) is 19.0 Å². The molecule has 2 aliphatic heterocycles. The number of nitrogens with zero attached hydrogens (tertiary/aromatic N) is 7.